The number of carbonyl (C=O) groups excluding carboxylic acids is 4. The Morgan fingerprint density at radius 1 is 0.690 bits per heavy atom. The van der Waals surface area contributed by atoms with Gasteiger partial charge in [-0.05, 0) is 73.4 Å². The number of para-hydroxylation sites is 1. The van der Waals surface area contributed by atoms with E-state index in [1.807, 2.05) is 6.08 Å². The summed E-state index contributed by atoms with van der Waals surface area (Å²) in [5, 5.41) is 10.9. The van der Waals surface area contributed by atoms with Crippen molar-refractivity contribution in [2.45, 2.75) is 18.8 Å². The zero-order valence-corrected chi connectivity index (χ0v) is 25.1. The zero-order valence-electron chi connectivity index (χ0n) is 21.9. The van der Waals surface area contributed by atoms with Crippen molar-refractivity contribution in [1.29, 1.82) is 0 Å². The molecule has 0 spiro atoms. The fraction of sp³-hybridized carbons (Fsp3) is 0.250. The van der Waals surface area contributed by atoms with Crippen molar-refractivity contribution >= 4 is 66.9 Å². The molecule has 2 aliphatic carbocycles. The van der Waals surface area contributed by atoms with Gasteiger partial charge >= 0.3 is 0 Å². The summed E-state index contributed by atoms with van der Waals surface area (Å²) in [7, 11) is 0. The molecule has 1 saturated carbocycles. The largest absolute Gasteiger partial charge is 0.505 e. The van der Waals surface area contributed by atoms with Gasteiger partial charge in [0.25, 0.3) is 0 Å². The topological polar surface area (TPSA) is 95.0 Å². The van der Waals surface area contributed by atoms with E-state index in [-0.39, 0.29) is 30.2 Å². The Hall–Kier alpha value is -3.63. The van der Waals surface area contributed by atoms with Crippen LogP contribution < -0.4 is 9.80 Å². The number of aromatic hydroxyl groups is 1. The lowest BCUT2D eigenvalue weighted by Gasteiger charge is -2.44. The number of hydrogen-bond acceptors (Lipinski definition) is 5. The molecule has 4 aliphatic rings. The number of fused-ring (bicyclic) bond motifs is 4. The summed E-state index contributed by atoms with van der Waals surface area (Å²) in [6.45, 7) is 0. The van der Waals surface area contributed by atoms with Crippen molar-refractivity contribution in [1.82, 2.24) is 0 Å². The molecule has 6 atom stereocenters. The maximum absolute atomic E-state index is 14.7. The average Bonchev–Trinajstić information content (AvgIpc) is 3.38. The fourth-order valence-corrected chi connectivity index (χ4v) is 7.94. The smallest absolute Gasteiger partial charge is 0.238 e. The van der Waals surface area contributed by atoms with Gasteiger partial charge < -0.3 is 5.11 Å². The van der Waals surface area contributed by atoms with Crippen molar-refractivity contribution in [2.24, 2.45) is 29.6 Å². The fourth-order valence-electron chi connectivity index (χ4n) is 7.41. The van der Waals surface area contributed by atoms with E-state index < -0.39 is 58.9 Å². The highest BCUT2D eigenvalue weighted by Gasteiger charge is 2.62. The molecule has 0 bridgehead atoms. The highest BCUT2D eigenvalue weighted by atomic mass is 79.9. The first-order chi connectivity index (χ1) is 20.2. The Labute approximate surface area is 257 Å². The maximum atomic E-state index is 14.7. The summed E-state index contributed by atoms with van der Waals surface area (Å²) in [5.41, 5.74) is 1.76. The summed E-state index contributed by atoms with van der Waals surface area (Å²) in [5.74, 6) is -7.40. The highest BCUT2D eigenvalue weighted by molar-refractivity contribution is 9.10. The molecule has 2 heterocycles. The first-order valence-electron chi connectivity index (χ1n) is 13.6. The third-order valence-corrected chi connectivity index (χ3v) is 10.2. The second kappa shape index (κ2) is 9.98. The minimum atomic E-state index is -0.900. The predicted molar refractivity (Wildman–Crippen MR) is 159 cm³/mol. The minimum absolute atomic E-state index is 0.190. The number of hydrogen-bond donors (Lipinski definition) is 1. The Balaban J connectivity index is 1.35. The molecule has 6 unspecified atom stereocenters. The van der Waals surface area contributed by atoms with Crippen molar-refractivity contribution in [3.63, 3.8) is 0 Å². The number of amides is 4. The van der Waals surface area contributed by atoms with Crippen molar-refractivity contribution in [2.75, 3.05) is 9.80 Å². The van der Waals surface area contributed by atoms with Crippen LogP contribution >= 0.6 is 31.9 Å². The van der Waals surface area contributed by atoms with E-state index in [2.05, 4.69) is 31.9 Å². The summed E-state index contributed by atoms with van der Waals surface area (Å²) >= 11 is 6.76. The molecule has 2 saturated heterocycles. The molecule has 10 heteroatoms. The number of imide groups is 2. The van der Waals surface area contributed by atoms with Gasteiger partial charge in [-0.25, -0.2) is 4.39 Å². The molecule has 42 heavy (non-hydrogen) atoms. The van der Waals surface area contributed by atoms with Crippen LogP contribution in [0.15, 0.2) is 87.3 Å². The van der Waals surface area contributed by atoms with Crippen LogP contribution in [-0.2, 0) is 19.2 Å². The van der Waals surface area contributed by atoms with Gasteiger partial charge in [0.2, 0.25) is 23.6 Å². The third kappa shape index (κ3) is 3.95. The second-order valence-electron chi connectivity index (χ2n) is 11.2. The molecule has 7 rings (SSSR count). The van der Waals surface area contributed by atoms with Gasteiger partial charge in [-0.2, -0.15) is 0 Å². The first kappa shape index (κ1) is 27.2. The van der Waals surface area contributed by atoms with Gasteiger partial charge in [0.15, 0.2) is 11.6 Å². The van der Waals surface area contributed by atoms with Crippen molar-refractivity contribution in [3.05, 3.63) is 98.7 Å². The van der Waals surface area contributed by atoms with Crippen LogP contribution in [0.4, 0.5) is 15.8 Å². The number of carbonyl (C=O) groups is 4. The highest BCUT2D eigenvalue weighted by Crippen LogP contribution is 2.59. The number of phenols is 1. The number of anilines is 2. The number of nitrogens with zero attached hydrogens (tertiary/aromatic N) is 2. The van der Waals surface area contributed by atoms with Crippen LogP contribution in [-0.4, -0.2) is 28.7 Å². The van der Waals surface area contributed by atoms with Gasteiger partial charge in [-0.15, -0.1) is 0 Å². The van der Waals surface area contributed by atoms with Crippen LogP contribution in [0.2, 0.25) is 0 Å². The molecule has 3 aromatic rings. The van der Waals surface area contributed by atoms with E-state index >= 15 is 0 Å². The summed E-state index contributed by atoms with van der Waals surface area (Å²) in [4.78, 5) is 58.0. The number of allylic oxidation sites excluding steroid dienone is 2. The second-order valence-corrected chi connectivity index (χ2v) is 13.0. The van der Waals surface area contributed by atoms with Crippen LogP contribution in [0, 0.1) is 35.4 Å². The SMILES string of the molecule is O=C1C2CC=C3C(CC4C(=O)N(c5ccc(Br)cc5)C(=O)C4C3c3cccc(F)c3O)C2C(=O)N1c1ccc(Br)cc1. The molecule has 212 valence electrons. The number of halogens is 3. The molecule has 1 N–H and O–H groups in total. The Bertz CT molecular complexity index is 1710. The van der Waals surface area contributed by atoms with E-state index in [1.54, 1.807) is 54.6 Å². The normalized spacial score (nSPS) is 28.5. The third-order valence-electron chi connectivity index (χ3n) is 9.17. The number of benzene rings is 3. The van der Waals surface area contributed by atoms with Gasteiger partial charge in [-0.3, -0.25) is 29.0 Å². The molecule has 4 amide bonds. The molecule has 0 radical (unpaired) electrons. The van der Waals surface area contributed by atoms with E-state index in [0.717, 1.165) is 19.9 Å². The molecular weight excluding hydrogens is 671 g/mol. The molecule has 7 nitrogen and oxygen atoms in total. The Kier molecular flexibility index (Phi) is 6.47. The molecular formula is C32H23Br2FN2O5. The maximum Gasteiger partial charge on any atom is 0.238 e. The quantitative estimate of drug-likeness (QED) is 0.264. The minimum Gasteiger partial charge on any atom is -0.505 e. The summed E-state index contributed by atoms with van der Waals surface area (Å²) < 4.78 is 16.3. The lowest BCUT2D eigenvalue weighted by atomic mass is 9.57. The molecule has 3 aromatic carbocycles. The number of phenolic OH excluding ortho intramolecular Hbond substituents is 1. The van der Waals surface area contributed by atoms with Crippen LogP contribution in [0.3, 0.4) is 0 Å². The van der Waals surface area contributed by atoms with E-state index in [1.165, 1.54) is 11.0 Å². The van der Waals surface area contributed by atoms with Crippen LogP contribution in [0.5, 0.6) is 5.75 Å². The van der Waals surface area contributed by atoms with E-state index in [0.29, 0.717) is 16.9 Å². The molecule has 3 fully saturated rings. The van der Waals surface area contributed by atoms with Crippen molar-refractivity contribution in [3.8, 4) is 5.75 Å². The zero-order chi connectivity index (χ0) is 29.4. The number of rotatable bonds is 3. The van der Waals surface area contributed by atoms with Gasteiger partial charge in [0, 0.05) is 20.4 Å². The average molecular weight is 694 g/mol. The standard InChI is InChI=1S/C32H23Br2FN2O5/c33-15-4-8-17(9-5-15)36-29(39)21-13-12-19-22(26(21)31(36)41)14-23-27(25(19)20-2-1-3-24(35)28(20)38)32(42)37(30(23)40)18-10-6-16(34)7-11-18/h1-12,21-23,25-27,38H,13-14H2. The molecule has 2 aliphatic heterocycles. The monoisotopic (exact) mass is 692 g/mol. The van der Waals surface area contributed by atoms with Gasteiger partial charge in [0.1, 0.15) is 0 Å². The van der Waals surface area contributed by atoms with E-state index in [4.69, 9.17) is 0 Å². The van der Waals surface area contributed by atoms with Gasteiger partial charge in [0.05, 0.1) is 35.0 Å². The van der Waals surface area contributed by atoms with Crippen LogP contribution in [0.25, 0.3) is 0 Å². The van der Waals surface area contributed by atoms with Crippen molar-refractivity contribution < 1.29 is 28.7 Å². The predicted octanol–water partition coefficient (Wildman–Crippen LogP) is 6.10. The lowest BCUT2D eigenvalue weighted by molar-refractivity contribution is -0.126. The van der Waals surface area contributed by atoms with Gasteiger partial charge in [-0.1, -0.05) is 55.6 Å². The lowest BCUT2D eigenvalue weighted by Crippen LogP contribution is -2.43. The molecule has 0 aromatic heterocycles. The Morgan fingerprint density at radius 3 is 1.83 bits per heavy atom. The first-order valence-corrected chi connectivity index (χ1v) is 15.2. The van der Waals surface area contributed by atoms with Crippen LogP contribution in [0.1, 0.15) is 24.3 Å². The Morgan fingerprint density at radius 2 is 1.24 bits per heavy atom. The summed E-state index contributed by atoms with van der Waals surface area (Å²) in [6, 6.07) is 17.9. The van der Waals surface area contributed by atoms with E-state index in [9.17, 15) is 28.7 Å². The summed E-state index contributed by atoms with van der Waals surface area (Å²) in [6.07, 6.45) is 2.32.